The lowest BCUT2D eigenvalue weighted by molar-refractivity contribution is -0.139. The van der Waals surface area contributed by atoms with E-state index in [1.807, 2.05) is 25.8 Å². The molecule has 1 N–H and O–H groups in total. The quantitative estimate of drug-likeness (QED) is 0.362. The number of halogens is 3. The molecule has 42 heavy (non-hydrogen) atoms. The monoisotopic (exact) mass is 571 g/mol. The topological polar surface area (TPSA) is 87.1 Å². The number of pyridine rings is 2. The van der Waals surface area contributed by atoms with Gasteiger partial charge in [0.2, 0.25) is 0 Å². The Hall–Kier alpha value is -4.40. The van der Waals surface area contributed by atoms with Gasteiger partial charge in [0, 0.05) is 68.0 Å². The van der Waals surface area contributed by atoms with Crippen LogP contribution in [0.2, 0.25) is 0 Å². The second-order valence-electron chi connectivity index (χ2n) is 11.3. The fourth-order valence-electron chi connectivity index (χ4n) is 5.83. The van der Waals surface area contributed by atoms with Crippen LogP contribution in [0.5, 0.6) is 0 Å². The Balaban J connectivity index is 1.18. The van der Waals surface area contributed by atoms with E-state index in [9.17, 15) is 18.0 Å². The van der Waals surface area contributed by atoms with Crippen molar-refractivity contribution in [1.29, 1.82) is 0 Å². The molecule has 0 aliphatic carbocycles. The van der Waals surface area contributed by atoms with Gasteiger partial charge in [0.05, 0.1) is 34.3 Å². The van der Waals surface area contributed by atoms with Crippen molar-refractivity contribution in [2.24, 2.45) is 5.41 Å². The molecule has 4 aromatic rings. The molecule has 2 fully saturated rings. The molecule has 3 aromatic heterocycles. The van der Waals surface area contributed by atoms with Gasteiger partial charge in [-0.3, -0.25) is 19.7 Å². The van der Waals surface area contributed by atoms with Crippen LogP contribution in [0.4, 0.5) is 18.9 Å². The first-order valence-electron chi connectivity index (χ1n) is 13.5. The van der Waals surface area contributed by atoms with Gasteiger partial charge in [-0.05, 0) is 44.7 Å². The summed E-state index contributed by atoms with van der Waals surface area (Å²) < 4.78 is 41.9. The maximum Gasteiger partial charge on any atom is 0.416 e. The summed E-state index contributed by atoms with van der Waals surface area (Å²) in [7, 11) is 2.05. The number of aromatic nitrogens is 4. The number of hydrogen-bond acceptors (Lipinski definition) is 7. The van der Waals surface area contributed by atoms with Crippen LogP contribution in [0.15, 0.2) is 49.1 Å². The highest BCUT2D eigenvalue weighted by Crippen LogP contribution is 2.41. The SMILES string of the molecule is Cc1nc2cncc(C#Cc3cncc(C(=O)Nc4ccc(CN5CC6(CN(C)C6)C5)c(C(F)(F)F)c4)c3)c2nc1C. The Morgan fingerprint density at radius 2 is 1.71 bits per heavy atom. The van der Waals surface area contributed by atoms with E-state index in [2.05, 4.69) is 42.0 Å². The van der Waals surface area contributed by atoms with E-state index < -0.39 is 17.6 Å². The molecule has 0 bridgehead atoms. The van der Waals surface area contributed by atoms with E-state index in [4.69, 9.17) is 0 Å². The molecule has 214 valence electrons. The van der Waals surface area contributed by atoms with E-state index in [1.54, 1.807) is 12.4 Å². The number of fused-ring (bicyclic) bond motifs is 1. The third-order valence-electron chi connectivity index (χ3n) is 7.73. The van der Waals surface area contributed by atoms with Gasteiger partial charge in [0.15, 0.2) is 0 Å². The predicted octanol–water partition coefficient (Wildman–Crippen LogP) is 4.45. The smallest absolute Gasteiger partial charge is 0.322 e. The normalized spacial score (nSPS) is 16.4. The van der Waals surface area contributed by atoms with Crippen LogP contribution in [-0.4, -0.2) is 68.9 Å². The summed E-state index contributed by atoms with van der Waals surface area (Å²) in [5, 5.41) is 2.58. The van der Waals surface area contributed by atoms with Crippen LogP contribution < -0.4 is 5.32 Å². The Morgan fingerprint density at radius 3 is 2.45 bits per heavy atom. The number of alkyl halides is 3. The van der Waals surface area contributed by atoms with Gasteiger partial charge in [0.1, 0.15) is 11.0 Å². The summed E-state index contributed by atoms with van der Waals surface area (Å²) in [5.41, 5.74) is 3.76. The van der Waals surface area contributed by atoms with Crippen LogP contribution in [-0.2, 0) is 12.7 Å². The standard InChI is InChI=1S/C31H28F3N7O/c1-19-20(2)38-28-22(11-36-13-27(28)37-19)5-4-21-8-24(12-35-10-21)29(42)39-25-7-6-23(26(9-25)31(32,33)34)14-41-17-30(18-41)15-40(3)16-30/h6-13H,14-18H2,1-3H3,(H,39,42). The van der Waals surface area contributed by atoms with E-state index in [0.29, 0.717) is 22.2 Å². The summed E-state index contributed by atoms with van der Waals surface area (Å²) in [6.45, 7) is 7.51. The number of hydrogen-bond donors (Lipinski definition) is 1. The fraction of sp³-hybridized carbons (Fsp3) is 0.323. The van der Waals surface area contributed by atoms with Crippen molar-refractivity contribution < 1.29 is 18.0 Å². The Bertz CT molecular complexity index is 1760. The molecule has 2 aliphatic heterocycles. The summed E-state index contributed by atoms with van der Waals surface area (Å²) in [5.74, 6) is 5.40. The lowest BCUT2D eigenvalue weighted by Crippen LogP contribution is -2.70. The maximum absolute atomic E-state index is 14.0. The Morgan fingerprint density at radius 1 is 0.976 bits per heavy atom. The summed E-state index contributed by atoms with van der Waals surface area (Å²) in [4.78, 5) is 34.6. The van der Waals surface area contributed by atoms with Crippen LogP contribution >= 0.6 is 0 Å². The highest BCUT2D eigenvalue weighted by Gasteiger charge is 2.50. The Kier molecular flexibility index (Phi) is 6.91. The molecule has 11 heteroatoms. The molecule has 2 aliphatic rings. The number of nitrogens with zero attached hydrogens (tertiary/aromatic N) is 6. The number of aryl methyl sites for hydroxylation is 2. The third kappa shape index (κ3) is 5.55. The van der Waals surface area contributed by atoms with Gasteiger partial charge < -0.3 is 10.2 Å². The van der Waals surface area contributed by atoms with Crippen molar-refractivity contribution in [3.63, 3.8) is 0 Å². The fourth-order valence-corrected chi connectivity index (χ4v) is 5.83. The highest BCUT2D eigenvalue weighted by molar-refractivity contribution is 6.04. The predicted molar refractivity (Wildman–Crippen MR) is 152 cm³/mol. The van der Waals surface area contributed by atoms with Crippen molar-refractivity contribution in [3.05, 3.63) is 88.3 Å². The summed E-state index contributed by atoms with van der Waals surface area (Å²) >= 11 is 0. The van der Waals surface area contributed by atoms with Crippen molar-refractivity contribution in [3.8, 4) is 11.8 Å². The van der Waals surface area contributed by atoms with Crippen LogP contribution in [0, 0.1) is 31.1 Å². The average molecular weight is 572 g/mol. The summed E-state index contributed by atoms with van der Waals surface area (Å²) in [6, 6.07) is 5.48. The minimum absolute atomic E-state index is 0.0549. The highest BCUT2D eigenvalue weighted by atomic mass is 19.4. The van der Waals surface area contributed by atoms with Crippen LogP contribution in [0.3, 0.4) is 0 Å². The molecule has 1 amide bonds. The van der Waals surface area contributed by atoms with Crippen molar-refractivity contribution in [1.82, 2.24) is 29.7 Å². The number of rotatable bonds is 4. The van der Waals surface area contributed by atoms with Crippen LogP contribution in [0.1, 0.15) is 44.0 Å². The van der Waals surface area contributed by atoms with Gasteiger partial charge >= 0.3 is 6.18 Å². The third-order valence-corrected chi connectivity index (χ3v) is 7.73. The molecule has 5 heterocycles. The number of carbonyl (C=O) groups is 1. The second-order valence-corrected chi connectivity index (χ2v) is 11.3. The molecule has 0 saturated carbocycles. The number of likely N-dealkylation sites (tertiary alicyclic amines) is 2. The molecular weight excluding hydrogens is 543 g/mol. The first-order chi connectivity index (χ1) is 20.0. The maximum atomic E-state index is 14.0. The van der Waals surface area contributed by atoms with E-state index in [1.165, 1.54) is 30.6 Å². The zero-order valence-corrected chi connectivity index (χ0v) is 23.4. The second kappa shape index (κ2) is 10.5. The van der Waals surface area contributed by atoms with Gasteiger partial charge in [-0.2, -0.15) is 13.2 Å². The minimum atomic E-state index is -4.55. The Labute approximate surface area is 241 Å². The van der Waals surface area contributed by atoms with Crippen molar-refractivity contribution in [2.75, 3.05) is 38.5 Å². The van der Waals surface area contributed by atoms with E-state index >= 15 is 0 Å². The molecule has 0 radical (unpaired) electrons. The first kappa shape index (κ1) is 27.8. The number of carbonyl (C=O) groups excluding carboxylic acids is 1. The van der Waals surface area contributed by atoms with Crippen LogP contribution in [0.25, 0.3) is 11.0 Å². The number of amides is 1. The van der Waals surface area contributed by atoms with Gasteiger partial charge in [-0.25, -0.2) is 9.97 Å². The van der Waals surface area contributed by atoms with E-state index in [0.717, 1.165) is 43.6 Å². The molecular formula is C31H28F3N7O. The van der Waals surface area contributed by atoms with E-state index in [-0.39, 0.29) is 28.8 Å². The molecule has 1 spiro atoms. The molecule has 8 nitrogen and oxygen atoms in total. The lowest BCUT2D eigenvalue weighted by Gasteiger charge is -2.59. The molecule has 0 atom stereocenters. The number of anilines is 1. The van der Waals surface area contributed by atoms with Crippen molar-refractivity contribution in [2.45, 2.75) is 26.6 Å². The zero-order valence-electron chi connectivity index (χ0n) is 23.4. The number of nitrogens with one attached hydrogen (secondary N) is 1. The lowest BCUT2D eigenvalue weighted by atomic mass is 9.73. The van der Waals surface area contributed by atoms with Gasteiger partial charge in [0.25, 0.3) is 5.91 Å². The first-order valence-corrected chi connectivity index (χ1v) is 13.5. The minimum Gasteiger partial charge on any atom is -0.322 e. The van der Waals surface area contributed by atoms with Crippen molar-refractivity contribution >= 4 is 22.6 Å². The molecule has 0 unspecified atom stereocenters. The number of benzene rings is 1. The summed E-state index contributed by atoms with van der Waals surface area (Å²) in [6.07, 6.45) is 1.51. The molecule has 6 rings (SSSR count). The largest absolute Gasteiger partial charge is 0.416 e. The zero-order chi connectivity index (χ0) is 29.6. The molecule has 2 saturated heterocycles. The molecule has 1 aromatic carbocycles. The van der Waals surface area contributed by atoms with Gasteiger partial charge in [-0.1, -0.05) is 17.9 Å². The van der Waals surface area contributed by atoms with Gasteiger partial charge in [-0.15, -0.1) is 0 Å². The average Bonchev–Trinajstić information content (AvgIpc) is 2.91.